The average molecular weight is 338 g/mol. The maximum Gasteiger partial charge on any atom is 0.260 e. The number of hydrogen-bond acceptors (Lipinski definition) is 4. The van der Waals surface area contributed by atoms with Gasteiger partial charge in [0.15, 0.2) is 6.61 Å². The molecule has 1 aliphatic rings. The van der Waals surface area contributed by atoms with Gasteiger partial charge in [-0.15, -0.1) is 0 Å². The van der Waals surface area contributed by atoms with Crippen LogP contribution in [0.5, 0.6) is 5.75 Å². The molecular formula is C19H22N4O2. The molecule has 25 heavy (non-hydrogen) atoms. The number of piperidine rings is 1. The van der Waals surface area contributed by atoms with Crippen molar-refractivity contribution in [1.29, 1.82) is 5.26 Å². The maximum absolute atomic E-state index is 12.6. The summed E-state index contributed by atoms with van der Waals surface area (Å²) in [6, 6.07) is 9.02. The number of rotatable bonds is 5. The minimum atomic E-state index is -0.00191. The second-order valence-electron chi connectivity index (χ2n) is 6.40. The molecule has 6 heteroatoms. The first-order chi connectivity index (χ1) is 12.2. The number of carbonyl (C=O) groups is 1. The van der Waals surface area contributed by atoms with Crippen LogP contribution >= 0.6 is 0 Å². The van der Waals surface area contributed by atoms with Crippen molar-refractivity contribution in [2.45, 2.75) is 38.8 Å². The van der Waals surface area contributed by atoms with Crippen LogP contribution in [-0.4, -0.2) is 39.8 Å². The van der Waals surface area contributed by atoms with Crippen LogP contribution in [0, 0.1) is 18.3 Å². The lowest BCUT2D eigenvalue weighted by atomic mass is 10.0. The monoisotopic (exact) mass is 338 g/mol. The van der Waals surface area contributed by atoms with Crippen molar-refractivity contribution < 1.29 is 9.53 Å². The molecule has 1 amide bonds. The quantitative estimate of drug-likeness (QED) is 0.840. The highest BCUT2D eigenvalue weighted by atomic mass is 16.5. The van der Waals surface area contributed by atoms with Gasteiger partial charge < -0.3 is 9.64 Å². The molecule has 2 heterocycles. The van der Waals surface area contributed by atoms with Crippen LogP contribution in [0.15, 0.2) is 36.7 Å². The molecule has 0 saturated carbocycles. The topological polar surface area (TPSA) is 71.2 Å². The Hall–Kier alpha value is -2.81. The number of ether oxygens (including phenoxy) is 1. The molecule has 1 aromatic heterocycles. The molecule has 0 N–H and O–H groups in total. The van der Waals surface area contributed by atoms with Crippen molar-refractivity contribution >= 4 is 5.91 Å². The van der Waals surface area contributed by atoms with Gasteiger partial charge in [-0.25, -0.2) is 0 Å². The Labute approximate surface area is 147 Å². The van der Waals surface area contributed by atoms with Crippen molar-refractivity contribution in [3.8, 4) is 11.8 Å². The number of amides is 1. The normalized spacial score (nSPS) is 17.1. The van der Waals surface area contributed by atoms with Crippen LogP contribution in [0.4, 0.5) is 0 Å². The summed E-state index contributed by atoms with van der Waals surface area (Å²) in [6.07, 6.45) is 6.98. The summed E-state index contributed by atoms with van der Waals surface area (Å²) in [5, 5.41) is 13.1. The Bertz CT molecular complexity index is 760. The van der Waals surface area contributed by atoms with E-state index in [9.17, 15) is 4.79 Å². The largest absolute Gasteiger partial charge is 0.484 e. The lowest BCUT2D eigenvalue weighted by Gasteiger charge is -2.35. The third-order valence-electron chi connectivity index (χ3n) is 4.45. The predicted octanol–water partition coefficient (Wildman–Crippen LogP) is 2.52. The highest BCUT2D eigenvalue weighted by Crippen LogP contribution is 2.19. The van der Waals surface area contributed by atoms with Gasteiger partial charge in [0.2, 0.25) is 0 Å². The second-order valence-corrected chi connectivity index (χ2v) is 6.40. The molecule has 1 aliphatic heterocycles. The number of nitrogens with zero attached hydrogens (tertiary/aromatic N) is 4. The summed E-state index contributed by atoms with van der Waals surface area (Å²) in [5.41, 5.74) is 1.70. The van der Waals surface area contributed by atoms with Crippen molar-refractivity contribution in [2.75, 3.05) is 13.2 Å². The van der Waals surface area contributed by atoms with Crippen LogP contribution < -0.4 is 4.74 Å². The van der Waals surface area contributed by atoms with Crippen molar-refractivity contribution in [2.24, 2.45) is 0 Å². The van der Waals surface area contributed by atoms with Crippen LogP contribution in [0.25, 0.3) is 0 Å². The molecule has 130 valence electrons. The summed E-state index contributed by atoms with van der Waals surface area (Å²) in [6.45, 7) is 3.51. The van der Waals surface area contributed by atoms with E-state index < -0.39 is 0 Å². The van der Waals surface area contributed by atoms with Crippen molar-refractivity contribution in [3.05, 3.63) is 47.8 Å². The summed E-state index contributed by atoms with van der Waals surface area (Å²) < 4.78 is 7.51. The fourth-order valence-corrected chi connectivity index (χ4v) is 3.16. The molecule has 1 atom stereocenters. The van der Waals surface area contributed by atoms with E-state index in [0.717, 1.165) is 37.9 Å². The number of aromatic nitrogens is 2. The van der Waals surface area contributed by atoms with Gasteiger partial charge in [0.1, 0.15) is 5.75 Å². The van der Waals surface area contributed by atoms with Gasteiger partial charge in [-0.2, -0.15) is 10.4 Å². The number of likely N-dealkylation sites (tertiary alicyclic amines) is 1. The minimum Gasteiger partial charge on any atom is -0.484 e. The summed E-state index contributed by atoms with van der Waals surface area (Å²) in [4.78, 5) is 14.5. The van der Waals surface area contributed by atoms with E-state index in [0.29, 0.717) is 11.3 Å². The Morgan fingerprint density at radius 1 is 1.36 bits per heavy atom. The molecule has 3 rings (SSSR count). The summed E-state index contributed by atoms with van der Waals surface area (Å²) >= 11 is 0. The minimum absolute atomic E-state index is 0.00191. The molecule has 2 aromatic rings. The summed E-state index contributed by atoms with van der Waals surface area (Å²) in [5.74, 6) is 0.599. The molecule has 1 aromatic carbocycles. The Kier molecular flexibility index (Phi) is 5.34. The molecule has 1 fully saturated rings. The van der Waals surface area contributed by atoms with E-state index in [1.165, 1.54) is 0 Å². The fraction of sp³-hybridized carbons (Fsp3) is 0.421. The van der Waals surface area contributed by atoms with Gasteiger partial charge in [0.05, 0.1) is 30.4 Å². The first kappa shape index (κ1) is 17.0. The van der Waals surface area contributed by atoms with Gasteiger partial charge in [-0.1, -0.05) is 0 Å². The van der Waals surface area contributed by atoms with Crippen molar-refractivity contribution in [3.63, 3.8) is 0 Å². The number of nitriles is 1. The van der Waals surface area contributed by atoms with Crippen LogP contribution in [0.3, 0.4) is 0 Å². The lowest BCUT2D eigenvalue weighted by molar-refractivity contribution is -0.137. The van der Waals surface area contributed by atoms with E-state index in [2.05, 4.69) is 11.2 Å². The van der Waals surface area contributed by atoms with Crippen LogP contribution in [0.2, 0.25) is 0 Å². The Morgan fingerprint density at radius 3 is 2.84 bits per heavy atom. The first-order valence-electron chi connectivity index (χ1n) is 8.57. The van der Waals surface area contributed by atoms with Crippen LogP contribution in [0.1, 0.15) is 30.4 Å². The number of carbonyl (C=O) groups excluding carboxylic acids is 1. The first-order valence-corrected chi connectivity index (χ1v) is 8.57. The molecule has 0 unspecified atom stereocenters. The van der Waals surface area contributed by atoms with Gasteiger partial charge in [0.25, 0.3) is 5.91 Å². The van der Waals surface area contributed by atoms with Crippen molar-refractivity contribution in [1.82, 2.24) is 14.7 Å². The molecule has 0 aliphatic carbocycles. The molecule has 0 bridgehead atoms. The highest BCUT2D eigenvalue weighted by Gasteiger charge is 2.27. The van der Waals surface area contributed by atoms with E-state index in [-0.39, 0.29) is 18.6 Å². The van der Waals surface area contributed by atoms with E-state index >= 15 is 0 Å². The van der Waals surface area contributed by atoms with E-state index in [1.807, 2.05) is 28.9 Å². The zero-order valence-corrected chi connectivity index (χ0v) is 14.4. The van der Waals surface area contributed by atoms with Gasteiger partial charge in [-0.05, 0) is 56.0 Å². The molecule has 0 radical (unpaired) electrons. The van der Waals surface area contributed by atoms with E-state index in [1.54, 1.807) is 24.3 Å². The molecule has 0 spiro atoms. The van der Waals surface area contributed by atoms with Gasteiger partial charge in [-0.3, -0.25) is 9.48 Å². The zero-order valence-electron chi connectivity index (χ0n) is 14.4. The Balaban J connectivity index is 1.59. The fourth-order valence-electron chi connectivity index (χ4n) is 3.16. The smallest absolute Gasteiger partial charge is 0.260 e. The van der Waals surface area contributed by atoms with Gasteiger partial charge in [0, 0.05) is 12.7 Å². The number of benzene rings is 1. The highest BCUT2D eigenvalue weighted by molar-refractivity contribution is 5.78. The summed E-state index contributed by atoms with van der Waals surface area (Å²) in [7, 11) is 0. The maximum atomic E-state index is 12.6. The molecule has 6 nitrogen and oxygen atoms in total. The third-order valence-corrected chi connectivity index (χ3v) is 4.45. The Morgan fingerprint density at radius 2 is 2.16 bits per heavy atom. The second kappa shape index (κ2) is 7.84. The zero-order chi connectivity index (χ0) is 17.6. The molecular weight excluding hydrogens is 316 g/mol. The average Bonchev–Trinajstić information content (AvgIpc) is 3.05. The third kappa shape index (κ3) is 4.38. The van der Waals surface area contributed by atoms with Gasteiger partial charge >= 0.3 is 0 Å². The molecule has 1 saturated heterocycles. The standard InChI is InChI=1S/C19H22N4O2/c1-15-11-21-22(12-15)13-17-4-2-3-9-23(17)19(24)14-25-18-7-5-16(10-20)6-8-18/h5-8,11-12,17H,2-4,9,13-14H2,1H3/t17-/m0/s1. The number of hydrogen-bond donors (Lipinski definition) is 0. The number of aryl methyl sites for hydroxylation is 1. The SMILES string of the molecule is Cc1cnn(C[C@@H]2CCCCN2C(=O)COc2ccc(C#N)cc2)c1. The van der Waals surface area contributed by atoms with E-state index in [4.69, 9.17) is 10.00 Å². The lowest BCUT2D eigenvalue weighted by Crippen LogP contribution is -2.47. The van der Waals surface area contributed by atoms with Crippen LogP contribution in [-0.2, 0) is 11.3 Å². The predicted molar refractivity (Wildman–Crippen MR) is 93.0 cm³/mol.